The first-order valence-electron chi connectivity index (χ1n) is 10.6. The van der Waals surface area contributed by atoms with Crippen LogP contribution in [0.25, 0.3) is 0 Å². The zero-order valence-electron chi connectivity index (χ0n) is 17.4. The van der Waals surface area contributed by atoms with Crippen LogP contribution in [0.4, 0.5) is 0 Å². The Bertz CT molecular complexity index is 977. The number of aromatic nitrogens is 2. The van der Waals surface area contributed by atoms with Gasteiger partial charge in [0, 0.05) is 44.7 Å². The van der Waals surface area contributed by atoms with E-state index in [1.165, 1.54) is 0 Å². The quantitative estimate of drug-likeness (QED) is 0.672. The summed E-state index contributed by atoms with van der Waals surface area (Å²) in [5.74, 6) is 0.205. The van der Waals surface area contributed by atoms with Gasteiger partial charge in [0.15, 0.2) is 9.84 Å². The molecule has 2 aromatic rings. The molecule has 0 aliphatic carbocycles. The lowest BCUT2D eigenvalue weighted by atomic mass is 9.83. The van der Waals surface area contributed by atoms with E-state index in [4.69, 9.17) is 9.47 Å². The summed E-state index contributed by atoms with van der Waals surface area (Å²) in [6.45, 7) is 1.72. The molecule has 0 saturated carbocycles. The number of carbonyl (C=O) groups excluding carboxylic acids is 1. The Morgan fingerprint density at radius 1 is 1.19 bits per heavy atom. The molecule has 9 heteroatoms. The molecule has 1 atom stereocenters. The first-order chi connectivity index (χ1) is 15.0. The summed E-state index contributed by atoms with van der Waals surface area (Å²) in [5, 5.41) is 0. The highest BCUT2D eigenvalue weighted by atomic mass is 32.2. The molecular weight excluding hydrogens is 418 g/mol. The van der Waals surface area contributed by atoms with Gasteiger partial charge in [-0.15, -0.1) is 0 Å². The highest BCUT2D eigenvalue weighted by molar-refractivity contribution is 7.91. The number of likely N-dealkylation sites (tertiary alicyclic amines) is 1. The van der Waals surface area contributed by atoms with Crippen molar-refractivity contribution in [3.05, 3.63) is 48.9 Å². The van der Waals surface area contributed by atoms with Crippen LogP contribution in [-0.4, -0.2) is 66.3 Å². The van der Waals surface area contributed by atoms with Gasteiger partial charge < -0.3 is 14.4 Å². The summed E-state index contributed by atoms with van der Waals surface area (Å²) in [4.78, 5) is 22.8. The molecule has 1 unspecified atom stereocenters. The molecule has 8 nitrogen and oxygen atoms in total. The van der Waals surface area contributed by atoms with Crippen molar-refractivity contribution in [3.63, 3.8) is 0 Å². The number of rotatable bonds is 6. The number of hydrogen-bond acceptors (Lipinski definition) is 7. The Hall–Kier alpha value is -2.52. The third-order valence-electron chi connectivity index (χ3n) is 5.99. The fourth-order valence-corrected chi connectivity index (χ4v) is 5.49. The summed E-state index contributed by atoms with van der Waals surface area (Å²) >= 11 is 0. The molecule has 1 amide bonds. The molecule has 1 aromatic heterocycles. The summed E-state index contributed by atoms with van der Waals surface area (Å²) in [5.41, 5.74) is -0.308. The number of ether oxygens (including phenoxy) is 2. The van der Waals surface area contributed by atoms with Crippen LogP contribution >= 0.6 is 0 Å². The molecule has 4 rings (SSSR count). The minimum Gasteiger partial charge on any atom is -0.473 e. The van der Waals surface area contributed by atoms with Gasteiger partial charge in [0.1, 0.15) is 6.10 Å². The van der Waals surface area contributed by atoms with Gasteiger partial charge >= 0.3 is 0 Å². The Morgan fingerprint density at radius 2 is 1.97 bits per heavy atom. The van der Waals surface area contributed by atoms with Gasteiger partial charge in [0.05, 0.1) is 29.1 Å². The van der Waals surface area contributed by atoms with Gasteiger partial charge in [-0.1, -0.05) is 18.2 Å². The zero-order chi connectivity index (χ0) is 21.7. The van der Waals surface area contributed by atoms with Gasteiger partial charge in [-0.2, -0.15) is 0 Å². The van der Waals surface area contributed by atoms with Gasteiger partial charge in [-0.05, 0) is 25.0 Å². The number of hydrogen-bond donors (Lipinski definition) is 0. The van der Waals surface area contributed by atoms with Crippen LogP contribution < -0.4 is 4.74 Å². The monoisotopic (exact) mass is 445 g/mol. The molecule has 1 aromatic carbocycles. The maximum atomic E-state index is 12.6. The molecule has 2 aliphatic rings. The van der Waals surface area contributed by atoms with Crippen LogP contribution in [0.15, 0.2) is 53.8 Å². The third kappa shape index (κ3) is 5.40. The molecule has 1 spiro atoms. The predicted molar refractivity (Wildman–Crippen MR) is 113 cm³/mol. The minimum atomic E-state index is -3.46. The lowest BCUT2D eigenvalue weighted by Crippen LogP contribution is -2.52. The van der Waals surface area contributed by atoms with E-state index in [0.717, 1.165) is 12.8 Å². The van der Waals surface area contributed by atoms with Crippen molar-refractivity contribution in [1.29, 1.82) is 0 Å². The molecule has 0 N–H and O–H groups in total. The topological polar surface area (TPSA) is 98.7 Å². The van der Waals surface area contributed by atoms with Crippen LogP contribution in [0.5, 0.6) is 5.88 Å². The molecule has 0 radical (unpaired) electrons. The zero-order valence-corrected chi connectivity index (χ0v) is 18.2. The van der Waals surface area contributed by atoms with Crippen molar-refractivity contribution in [2.45, 2.75) is 48.7 Å². The number of carbonyl (C=O) groups is 1. The van der Waals surface area contributed by atoms with Crippen molar-refractivity contribution in [2.24, 2.45) is 0 Å². The summed E-state index contributed by atoms with van der Waals surface area (Å²) in [6, 6.07) is 8.26. The number of piperidine rings is 1. The van der Waals surface area contributed by atoms with E-state index < -0.39 is 9.84 Å². The summed E-state index contributed by atoms with van der Waals surface area (Å²) < 4.78 is 37.0. The molecular formula is C22H27N3O5S. The molecule has 2 aliphatic heterocycles. The molecule has 2 fully saturated rings. The van der Waals surface area contributed by atoms with Crippen LogP contribution in [0.3, 0.4) is 0 Å². The second-order valence-electron chi connectivity index (χ2n) is 8.07. The van der Waals surface area contributed by atoms with Crippen molar-refractivity contribution < 1.29 is 22.7 Å². The van der Waals surface area contributed by atoms with Crippen molar-refractivity contribution in [1.82, 2.24) is 14.9 Å². The molecule has 31 heavy (non-hydrogen) atoms. The van der Waals surface area contributed by atoms with E-state index in [1.54, 1.807) is 53.8 Å². The number of amides is 1. The minimum absolute atomic E-state index is 0.00344. The highest BCUT2D eigenvalue weighted by Gasteiger charge is 2.42. The predicted octanol–water partition coefficient (Wildman–Crippen LogP) is 2.26. The lowest BCUT2D eigenvalue weighted by molar-refractivity contribution is -0.151. The Labute approximate surface area is 182 Å². The fraction of sp³-hybridized carbons (Fsp3) is 0.500. The SMILES string of the molecule is O=C(CCS(=O)(=O)c1ccccc1)N1CCC2(CC1)CC(Oc1cnccn1)CCO2. The second-order valence-corrected chi connectivity index (χ2v) is 10.2. The molecule has 0 bridgehead atoms. The van der Waals surface area contributed by atoms with Crippen LogP contribution in [-0.2, 0) is 19.4 Å². The van der Waals surface area contributed by atoms with E-state index >= 15 is 0 Å². The van der Waals surface area contributed by atoms with Gasteiger partial charge in [-0.25, -0.2) is 13.4 Å². The average molecular weight is 446 g/mol. The van der Waals surface area contributed by atoms with Gasteiger partial charge in [0.2, 0.25) is 11.8 Å². The third-order valence-corrected chi connectivity index (χ3v) is 7.72. The fourth-order valence-electron chi connectivity index (χ4n) is 4.24. The Kier molecular flexibility index (Phi) is 6.52. The first-order valence-corrected chi connectivity index (χ1v) is 12.2. The van der Waals surface area contributed by atoms with E-state index in [2.05, 4.69) is 9.97 Å². The standard InChI is InChI=1S/C22H27N3O5S/c26-21(7-15-31(27,28)19-4-2-1-3-5-19)25-12-8-22(9-13-25)16-18(6-14-29-22)30-20-17-23-10-11-24-20/h1-5,10-11,17-18H,6-9,12-16H2. The largest absolute Gasteiger partial charge is 0.473 e. The maximum absolute atomic E-state index is 12.6. The second kappa shape index (κ2) is 9.32. The Morgan fingerprint density at radius 3 is 2.68 bits per heavy atom. The van der Waals surface area contributed by atoms with Crippen molar-refractivity contribution in [2.75, 3.05) is 25.4 Å². The summed E-state index contributed by atoms with van der Waals surface area (Å²) in [7, 11) is -3.46. The lowest BCUT2D eigenvalue weighted by Gasteiger charge is -2.45. The molecule has 166 valence electrons. The Balaban J connectivity index is 1.28. The van der Waals surface area contributed by atoms with Gasteiger partial charge in [-0.3, -0.25) is 9.78 Å². The first kappa shape index (κ1) is 21.7. The highest BCUT2D eigenvalue weighted by Crippen LogP contribution is 2.36. The van der Waals surface area contributed by atoms with E-state index in [0.29, 0.717) is 38.4 Å². The van der Waals surface area contributed by atoms with E-state index in [9.17, 15) is 13.2 Å². The van der Waals surface area contributed by atoms with Crippen LogP contribution in [0.2, 0.25) is 0 Å². The van der Waals surface area contributed by atoms with Crippen LogP contribution in [0.1, 0.15) is 32.1 Å². The van der Waals surface area contributed by atoms with Crippen molar-refractivity contribution in [3.8, 4) is 5.88 Å². The van der Waals surface area contributed by atoms with Crippen LogP contribution in [0, 0.1) is 0 Å². The average Bonchev–Trinajstić information content (AvgIpc) is 2.79. The number of benzene rings is 1. The van der Waals surface area contributed by atoms with E-state index in [1.807, 2.05) is 0 Å². The van der Waals surface area contributed by atoms with Gasteiger partial charge in [0.25, 0.3) is 0 Å². The summed E-state index contributed by atoms with van der Waals surface area (Å²) in [6.07, 6.45) is 7.77. The molecule has 3 heterocycles. The number of nitrogens with zero attached hydrogens (tertiary/aromatic N) is 3. The molecule has 2 saturated heterocycles. The van der Waals surface area contributed by atoms with Crippen molar-refractivity contribution >= 4 is 15.7 Å². The normalized spacial score (nSPS) is 21.0. The maximum Gasteiger partial charge on any atom is 0.232 e. The van der Waals surface area contributed by atoms with E-state index in [-0.39, 0.29) is 34.7 Å². The smallest absolute Gasteiger partial charge is 0.232 e. The number of sulfone groups is 1.